The molecule has 3 rings (SSSR count). The van der Waals surface area contributed by atoms with E-state index in [-0.39, 0.29) is 18.1 Å². The molecule has 0 fully saturated rings. The van der Waals surface area contributed by atoms with E-state index in [1.165, 1.54) is 6.08 Å². The van der Waals surface area contributed by atoms with Crippen molar-refractivity contribution in [2.24, 2.45) is 0 Å². The van der Waals surface area contributed by atoms with Gasteiger partial charge in [-0.2, -0.15) is 5.26 Å². The highest BCUT2D eigenvalue weighted by atomic mass is 79.9. The number of halogens is 1. The van der Waals surface area contributed by atoms with E-state index in [0.717, 1.165) is 15.6 Å². The highest BCUT2D eigenvalue weighted by Gasteiger charge is 2.13. The van der Waals surface area contributed by atoms with E-state index in [1.54, 1.807) is 30.3 Å². The zero-order valence-electron chi connectivity index (χ0n) is 18.2. The smallest absolute Gasteiger partial charge is 0.266 e. The number of carbonyl (C=O) groups excluding carboxylic acids is 2. The van der Waals surface area contributed by atoms with Crippen LogP contribution in [-0.4, -0.2) is 18.4 Å². The maximum atomic E-state index is 12.6. The summed E-state index contributed by atoms with van der Waals surface area (Å²) in [5.74, 6) is -0.490. The highest BCUT2D eigenvalue weighted by Crippen LogP contribution is 2.26. The number of benzene rings is 3. The Hall–Kier alpha value is -3.89. The normalized spacial score (nSPS) is 10.8. The van der Waals surface area contributed by atoms with Crippen LogP contribution in [0.3, 0.4) is 0 Å². The van der Waals surface area contributed by atoms with E-state index in [9.17, 15) is 14.9 Å². The lowest BCUT2D eigenvalue weighted by Gasteiger charge is -2.11. The number of anilines is 2. The van der Waals surface area contributed by atoms with Crippen LogP contribution in [0.2, 0.25) is 0 Å². The zero-order valence-corrected chi connectivity index (χ0v) is 19.8. The van der Waals surface area contributed by atoms with Gasteiger partial charge in [0.25, 0.3) is 11.8 Å². The standard InChI is InChI=1S/C26H22BrN3O3/c1-17-5-3-7-22(11-17)29-25(31)16-33-24-10-9-21(27)14-19(24)13-20(15-28)26(32)30-23-8-4-6-18(2)12-23/h3-14H,16H2,1-2H3,(H,29,31)(H,30,32)/b20-13+. The van der Waals surface area contributed by atoms with Crippen LogP contribution >= 0.6 is 15.9 Å². The first kappa shape index (κ1) is 23.8. The van der Waals surface area contributed by atoms with E-state index in [2.05, 4.69) is 26.6 Å². The Kier molecular flexibility index (Phi) is 8.01. The van der Waals surface area contributed by atoms with Crippen molar-refractivity contribution in [3.05, 3.63) is 93.5 Å². The molecule has 2 amide bonds. The molecule has 33 heavy (non-hydrogen) atoms. The van der Waals surface area contributed by atoms with Crippen LogP contribution in [0, 0.1) is 25.2 Å². The molecule has 0 spiro atoms. The molecule has 0 aromatic heterocycles. The number of carbonyl (C=O) groups is 2. The molecule has 7 heteroatoms. The van der Waals surface area contributed by atoms with Gasteiger partial charge in [0, 0.05) is 21.4 Å². The molecule has 0 radical (unpaired) electrons. The SMILES string of the molecule is Cc1cccc(NC(=O)COc2ccc(Br)cc2/C=C(\C#N)C(=O)Nc2cccc(C)c2)c1. The lowest BCUT2D eigenvalue weighted by Crippen LogP contribution is -2.20. The number of amides is 2. The Morgan fingerprint density at radius 3 is 2.21 bits per heavy atom. The lowest BCUT2D eigenvalue weighted by atomic mass is 10.1. The van der Waals surface area contributed by atoms with Gasteiger partial charge in [-0.05, 0) is 73.5 Å². The van der Waals surface area contributed by atoms with Crippen LogP contribution < -0.4 is 15.4 Å². The van der Waals surface area contributed by atoms with E-state index >= 15 is 0 Å². The zero-order chi connectivity index (χ0) is 23.8. The molecule has 0 saturated heterocycles. The van der Waals surface area contributed by atoms with Gasteiger partial charge in [-0.15, -0.1) is 0 Å². The van der Waals surface area contributed by atoms with Gasteiger partial charge in [0.15, 0.2) is 6.61 Å². The second kappa shape index (κ2) is 11.1. The maximum Gasteiger partial charge on any atom is 0.266 e. The summed E-state index contributed by atoms with van der Waals surface area (Å²) in [7, 11) is 0. The fraction of sp³-hybridized carbons (Fsp3) is 0.115. The van der Waals surface area contributed by atoms with Gasteiger partial charge in [0.2, 0.25) is 0 Å². The summed E-state index contributed by atoms with van der Waals surface area (Å²) < 4.78 is 6.43. The van der Waals surface area contributed by atoms with Crippen LogP contribution in [0.1, 0.15) is 16.7 Å². The van der Waals surface area contributed by atoms with Crippen molar-refractivity contribution in [3.8, 4) is 11.8 Å². The first-order chi connectivity index (χ1) is 15.8. The minimum Gasteiger partial charge on any atom is -0.483 e. The minimum atomic E-state index is -0.536. The van der Waals surface area contributed by atoms with Gasteiger partial charge in [-0.1, -0.05) is 40.2 Å². The molecule has 0 aliphatic rings. The Morgan fingerprint density at radius 1 is 0.970 bits per heavy atom. The second-order valence-electron chi connectivity index (χ2n) is 7.38. The molecule has 0 heterocycles. The quantitative estimate of drug-likeness (QED) is 0.322. The predicted octanol–water partition coefficient (Wildman–Crippen LogP) is 5.63. The average Bonchev–Trinajstić information content (AvgIpc) is 2.76. The molecule has 0 saturated carbocycles. The number of nitrogens with one attached hydrogen (secondary N) is 2. The molecule has 0 bridgehead atoms. The van der Waals surface area contributed by atoms with Crippen molar-refractivity contribution >= 4 is 45.2 Å². The molecule has 166 valence electrons. The van der Waals surface area contributed by atoms with Gasteiger partial charge in [0.1, 0.15) is 17.4 Å². The Bertz CT molecular complexity index is 1260. The van der Waals surface area contributed by atoms with E-state index < -0.39 is 5.91 Å². The summed E-state index contributed by atoms with van der Waals surface area (Å²) in [4.78, 5) is 24.9. The molecule has 3 aromatic rings. The highest BCUT2D eigenvalue weighted by molar-refractivity contribution is 9.10. The number of hydrogen-bond donors (Lipinski definition) is 2. The van der Waals surface area contributed by atoms with E-state index in [1.807, 2.05) is 56.3 Å². The number of ether oxygens (including phenoxy) is 1. The molecule has 0 aliphatic heterocycles. The van der Waals surface area contributed by atoms with Crippen LogP contribution in [0.25, 0.3) is 6.08 Å². The average molecular weight is 504 g/mol. The number of nitrogens with zero attached hydrogens (tertiary/aromatic N) is 1. The molecule has 0 aliphatic carbocycles. The molecule has 6 nitrogen and oxygen atoms in total. The van der Waals surface area contributed by atoms with E-state index in [0.29, 0.717) is 22.7 Å². The summed E-state index contributed by atoms with van der Waals surface area (Å²) in [6.45, 7) is 3.62. The number of rotatable bonds is 7. The van der Waals surface area contributed by atoms with Crippen LogP contribution in [0.5, 0.6) is 5.75 Å². The van der Waals surface area contributed by atoms with Gasteiger partial charge in [-0.25, -0.2) is 0 Å². The topological polar surface area (TPSA) is 91.2 Å². The van der Waals surface area contributed by atoms with Crippen LogP contribution in [0.15, 0.2) is 76.8 Å². The van der Waals surface area contributed by atoms with Gasteiger partial charge >= 0.3 is 0 Å². The summed E-state index contributed by atoms with van der Waals surface area (Å²) >= 11 is 3.39. The number of hydrogen-bond acceptors (Lipinski definition) is 4. The van der Waals surface area contributed by atoms with Crippen molar-refractivity contribution in [2.75, 3.05) is 17.2 Å². The third-order valence-corrected chi connectivity index (χ3v) is 5.07. The summed E-state index contributed by atoms with van der Waals surface area (Å²) in [5, 5.41) is 15.1. The van der Waals surface area contributed by atoms with Crippen molar-refractivity contribution in [1.82, 2.24) is 0 Å². The Labute approximate surface area is 201 Å². The summed E-state index contributed by atoms with van der Waals surface area (Å²) in [6, 6.07) is 21.8. The Balaban J connectivity index is 1.75. The predicted molar refractivity (Wildman–Crippen MR) is 133 cm³/mol. The molecular formula is C26H22BrN3O3. The maximum absolute atomic E-state index is 12.6. The van der Waals surface area contributed by atoms with Crippen LogP contribution in [-0.2, 0) is 9.59 Å². The fourth-order valence-corrected chi connectivity index (χ4v) is 3.43. The van der Waals surface area contributed by atoms with Crippen molar-refractivity contribution < 1.29 is 14.3 Å². The molecule has 2 N–H and O–H groups in total. The Morgan fingerprint density at radius 2 is 1.61 bits per heavy atom. The molecule has 0 atom stereocenters. The van der Waals surface area contributed by atoms with Crippen molar-refractivity contribution in [3.63, 3.8) is 0 Å². The number of nitriles is 1. The summed E-state index contributed by atoms with van der Waals surface area (Å²) in [5.41, 5.74) is 3.69. The molecule has 0 unspecified atom stereocenters. The first-order valence-corrected chi connectivity index (χ1v) is 10.9. The van der Waals surface area contributed by atoms with Gasteiger partial charge in [-0.3, -0.25) is 9.59 Å². The minimum absolute atomic E-state index is 0.0938. The van der Waals surface area contributed by atoms with Gasteiger partial charge in [0.05, 0.1) is 0 Å². The third kappa shape index (κ3) is 7.06. The molecule has 3 aromatic carbocycles. The largest absolute Gasteiger partial charge is 0.483 e. The van der Waals surface area contributed by atoms with E-state index in [4.69, 9.17) is 4.74 Å². The second-order valence-corrected chi connectivity index (χ2v) is 8.30. The van der Waals surface area contributed by atoms with Crippen LogP contribution in [0.4, 0.5) is 11.4 Å². The summed E-state index contributed by atoms with van der Waals surface area (Å²) in [6.07, 6.45) is 1.43. The monoisotopic (exact) mass is 503 g/mol. The third-order valence-electron chi connectivity index (χ3n) is 4.57. The van der Waals surface area contributed by atoms with Crippen molar-refractivity contribution in [2.45, 2.75) is 13.8 Å². The van der Waals surface area contributed by atoms with Crippen molar-refractivity contribution in [1.29, 1.82) is 5.26 Å². The van der Waals surface area contributed by atoms with Gasteiger partial charge < -0.3 is 15.4 Å². The first-order valence-electron chi connectivity index (χ1n) is 10.1. The lowest BCUT2D eigenvalue weighted by molar-refractivity contribution is -0.118. The number of aryl methyl sites for hydroxylation is 2. The molecular weight excluding hydrogens is 482 g/mol. The fourth-order valence-electron chi connectivity index (χ4n) is 3.05.